The Hall–Kier alpha value is -0.920. The van der Waals surface area contributed by atoms with Gasteiger partial charge in [0.15, 0.2) is 5.78 Å². The molecule has 0 aromatic rings. The number of ketones is 1. The molecule has 0 bridgehead atoms. The van der Waals surface area contributed by atoms with Crippen LogP contribution < -0.4 is 0 Å². The molecule has 2 nitrogen and oxygen atoms in total. The van der Waals surface area contributed by atoms with Crippen LogP contribution in [-0.4, -0.2) is 11.5 Å². The maximum Gasteiger partial charge on any atom is 0.188 e. The van der Waals surface area contributed by atoms with Crippen molar-refractivity contribution in [3.63, 3.8) is 0 Å². The van der Waals surface area contributed by atoms with E-state index in [1.165, 1.54) is 0 Å². The standard InChI is InChI=1S/C9H13NO/c1-5-9(4)7(3)10-6(2)8(9)11/h3,5H2,1-2,4H3. The van der Waals surface area contributed by atoms with E-state index in [1.54, 1.807) is 6.92 Å². The first-order valence-electron chi connectivity index (χ1n) is 3.82. The topological polar surface area (TPSA) is 29.4 Å². The van der Waals surface area contributed by atoms with Crippen LogP contribution in [0.25, 0.3) is 0 Å². The fourth-order valence-corrected chi connectivity index (χ4v) is 1.27. The van der Waals surface area contributed by atoms with Gasteiger partial charge in [-0.3, -0.25) is 9.79 Å². The number of allylic oxidation sites excluding steroid dienone is 1. The number of rotatable bonds is 1. The zero-order valence-electron chi connectivity index (χ0n) is 7.27. The number of aliphatic imine (C=N–C) groups is 1. The average molecular weight is 151 g/mol. The lowest BCUT2D eigenvalue weighted by molar-refractivity contribution is -0.118. The minimum atomic E-state index is -0.413. The molecule has 0 fully saturated rings. The van der Waals surface area contributed by atoms with E-state index in [-0.39, 0.29) is 5.78 Å². The molecule has 11 heavy (non-hydrogen) atoms. The summed E-state index contributed by atoms with van der Waals surface area (Å²) in [5, 5.41) is 0. The molecule has 60 valence electrons. The number of carbonyl (C=O) groups is 1. The van der Waals surface area contributed by atoms with Gasteiger partial charge in [-0.2, -0.15) is 0 Å². The first-order valence-corrected chi connectivity index (χ1v) is 3.82. The van der Waals surface area contributed by atoms with Crippen molar-refractivity contribution in [3.05, 3.63) is 12.3 Å². The average Bonchev–Trinajstić information content (AvgIpc) is 2.16. The van der Waals surface area contributed by atoms with Crippen molar-refractivity contribution in [3.8, 4) is 0 Å². The Labute approximate surface area is 67.0 Å². The number of hydrogen-bond acceptors (Lipinski definition) is 2. The van der Waals surface area contributed by atoms with E-state index in [0.717, 1.165) is 6.42 Å². The Morgan fingerprint density at radius 2 is 2.18 bits per heavy atom. The third kappa shape index (κ3) is 0.934. The molecular weight excluding hydrogens is 138 g/mol. The third-order valence-corrected chi connectivity index (χ3v) is 2.48. The van der Waals surface area contributed by atoms with Crippen LogP contribution in [0.15, 0.2) is 17.3 Å². The van der Waals surface area contributed by atoms with E-state index in [1.807, 2.05) is 13.8 Å². The lowest BCUT2D eigenvalue weighted by Gasteiger charge is -2.19. The molecule has 2 heteroatoms. The summed E-state index contributed by atoms with van der Waals surface area (Å²) in [5.41, 5.74) is 0.895. The van der Waals surface area contributed by atoms with Crippen molar-refractivity contribution in [2.24, 2.45) is 10.4 Å². The van der Waals surface area contributed by atoms with Crippen molar-refractivity contribution in [2.75, 3.05) is 0 Å². The Morgan fingerprint density at radius 3 is 2.36 bits per heavy atom. The minimum Gasteiger partial charge on any atom is -0.292 e. The van der Waals surface area contributed by atoms with Gasteiger partial charge in [-0.05, 0) is 20.3 Å². The van der Waals surface area contributed by atoms with Gasteiger partial charge in [-0.25, -0.2) is 0 Å². The smallest absolute Gasteiger partial charge is 0.188 e. The summed E-state index contributed by atoms with van der Waals surface area (Å²) in [6.45, 7) is 9.40. The molecule has 0 N–H and O–H groups in total. The normalized spacial score (nSPS) is 31.0. The summed E-state index contributed by atoms with van der Waals surface area (Å²) in [7, 11) is 0. The Balaban J connectivity index is 3.07. The van der Waals surface area contributed by atoms with E-state index in [2.05, 4.69) is 11.6 Å². The zero-order chi connectivity index (χ0) is 8.65. The van der Waals surface area contributed by atoms with Crippen molar-refractivity contribution in [1.82, 2.24) is 0 Å². The number of nitrogens with zero attached hydrogens (tertiary/aromatic N) is 1. The Bertz CT molecular complexity index is 252. The number of Topliss-reactive ketones (excluding diaryl/α,β-unsaturated/α-hetero) is 1. The maximum atomic E-state index is 11.5. The predicted molar refractivity (Wildman–Crippen MR) is 45.7 cm³/mol. The van der Waals surface area contributed by atoms with Crippen LogP contribution in [0.4, 0.5) is 0 Å². The van der Waals surface area contributed by atoms with E-state index < -0.39 is 5.41 Å². The highest BCUT2D eigenvalue weighted by Gasteiger charge is 2.40. The molecule has 0 aromatic carbocycles. The number of hydrogen-bond donors (Lipinski definition) is 0. The molecule has 1 atom stereocenters. The Morgan fingerprint density at radius 1 is 1.64 bits per heavy atom. The molecule has 0 amide bonds. The first-order chi connectivity index (χ1) is 5.02. The lowest BCUT2D eigenvalue weighted by atomic mass is 9.81. The van der Waals surface area contributed by atoms with Gasteiger partial charge in [-0.15, -0.1) is 0 Å². The van der Waals surface area contributed by atoms with Gasteiger partial charge in [0.1, 0.15) is 0 Å². The van der Waals surface area contributed by atoms with Crippen molar-refractivity contribution >= 4 is 11.5 Å². The molecule has 0 spiro atoms. The van der Waals surface area contributed by atoms with E-state index in [0.29, 0.717) is 11.4 Å². The van der Waals surface area contributed by atoms with Crippen LogP contribution in [0.5, 0.6) is 0 Å². The van der Waals surface area contributed by atoms with Crippen LogP contribution in [0.1, 0.15) is 27.2 Å². The summed E-state index contributed by atoms with van der Waals surface area (Å²) in [6.07, 6.45) is 0.783. The van der Waals surface area contributed by atoms with Gasteiger partial charge < -0.3 is 0 Å². The zero-order valence-corrected chi connectivity index (χ0v) is 7.27. The summed E-state index contributed by atoms with van der Waals surface area (Å²) >= 11 is 0. The lowest BCUT2D eigenvalue weighted by Crippen LogP contribution is -2.26. The van der Waals surface area contributed by atoms with Crippen molar-refractivity contribution in [2.45, 2.75) is 27.2 Å². The number of carbonyl (C=O) groups excluding carboxylic acids is 1. The van der Waals surface area contributed by atoms with E-state index >= 15 is 0 Å². The quantitative estimate of drug-likeness (QED) is 0.563. The molecule has 0 radical (unpaired) electrons. The highest BCUT2D eigenvalue weighted by atomic mass is 16.1. The van der Waals surface area contributed by atoms with Crippen LogP contribution in [0.2, 0.25) is 0 Å². The summed E-state index contributed by atoms with van der Waals surface area (Å²) in [4.78, 5) is 15.5. The van der Waals surface area contributed by atoms with Crippen molar-refractivity contribution < 1.29 is 4.79 Å². The van der Waals surface area contributed by atoms with Gasteiger partial charge in [0, 0.05) is 5.70 Å². The second kappa shape index (κ2) is 2.29. The molecule has 1 rings (SSSR count). The maximum absolute atomic E-state index is 11.5. The first kappa shape index (κ1) is 8.18. The molecule has 0 saturated carbocycles. The van der Waals surface area contributed by atoms with Crippen LogP contribution in [0.3, 0.4) is 0 Å². The Kier molecular flexibility index (Phi) is 1.70. The van der Waals surface area contributed by atoms with Gasteiger partial charge in [0.05, 0.1) is 11.1 Å². The second-order valence-corrected chi connectivity index (χ2v) is 3.16. The highest BCUT2D eigenvalue weighted by Crippen LogP contribution is 2.36. The summed E-state index contributed by atoms with van der Waals surface area (Å²) < 4.78 is 0. The van der Waals surface area contributed by atoms with Gasteiger partial charge in [0.2, 0.25) is 0 Å². The molecular formula is C9H13NO. The third-order valence-electron chi connectivity index (χ3n) is 2.48. The molecule has 1 aliphatic heterocycles. The molecule has 0 aliphatic carbocycles. The molecule has 1 unspecified atom stereocenters. The van der Waals surface area contributed by atoms with Gasteiger partial charge >= 0.3 is 0 Å². The van der Waals surface area contributed by atoms with Crippen LogP contribution in [-0.2, 0) is 4.79 Å². The van der Waals surface area contributed by atoms with Gasteiger partial charge in [-0.1, -0.05) is 13.5 Å². The fourth-order valence-electron chi connectivity index (χ4n) is 1.27. The summed E-state index contributed by atoms with van der Waals surface area (Å²) in [5.74, 6) is 0.130. The van der Waals surface area contributed by atoms with Crippen LogP contribution >= 0.6 is 0 Å². The molecule has 0 saturated heterocycles. The second-order valence-electron chi connectivity index (χ2n) is 3.16. The largest absolute Gasteiger partial charge is 0.292 e. The SMILES string of the molecule is C=C1N=C(C)C(=O)C1(C)CC. The summed E-state index contributed by atoms with van der Waals surface area (Å²) in [6, 6.07) is 0. The van der Waals surface area contributed by atoms with E-state index in [9.17, 15) is 4.79 Å². The molecule has 1 aliphatic rings. The molecule has 0 aromatic heterocycles. The molecule has 1 heterocycles. The van der Waals surface area contributed by atoms with E-state index in [4.69, 9.17) is 0 Å². The monoisotopic (exact) mass is 151 g/mol. The predicted octanol–water partition coefficient (Wildman–Crippen LogP) is 1.96. The minimum absolute atomic E-state index is 0.130. The van der Waals surface area contributed by atoms with Gasteiger partial charge in [0.25, 0.3) is 0 Å². The van der Waals surface area contributed by atoms with Crippen LogP contribution in [0, 0.1) is 5.41 Å². The van der Waals surface area contributed by atoms with Crippen molar-refractivity contribution in [1.29, 1.82) is 0 Å². The highest BCUT2D eigenvalue weighted by molar-refractivity contribution is 6.43. The fraction of sp³-hybridized carbons (Fsp3) is 0.556.